The maximum absolute atomic E-state index is 11.4. The van der Waals surface area contributed by atoms with Crippen LogP contribution in [0.25, 0.3) is 0 Å². The minimum Gasteiger partial charge on any atom is -0.465 e. The first-order chi connectivity index (χ1) is 7.63. The minimum absolute atomic E-state index is 0.0621. The zero-order valence-corrected chi connectivity index (χ0v) is 9.11. The molecule has 0 aromatic heterocycles. The van der Waals surface area contributed by atoms with E-state index in [4.69, 9.17) is 5.26 Å². The van der Waals surface area contributed by atoms with Gasteiger partial charge in [-0.3, -0.25) is 4.79 Å². The van der Waals surface area contributed by atoms with Gasteiger partial charge in [0.2, 0.25) is 0 Å². The molecule has 1 aromatic carbocycles. The van der Waals surface area contributed by atoms with Crippen LogP contribution in [0.5, 0.6) is 0 Å². The Balaban J connectivity index is 3.23. The Kier molecular flexibility index (Phi) is 3.78. The van der Waals surface area contributed by atoms with Gasteiger partial charge in [0.25, 0.3) is 0 Å². The molecule has 0 fully saturated rings. The average molecular weight is 217 g/mol. The van der Waals surface area contributed by atoms with Crippen LogP contribution in [0.1, 0.15) is 39.6 Å². The number of ether oxygens (including phenoxy) is 1. The van der Waals surface area contributed by atoms with Crippen LogP contribution in [0, 0.1) is 11.3 Å². The largest absolute Gasteiger partial charge is 0.465 e. The number of ketones is 1. The van der Waals surface area contributed by atoms with E-state index in [1.54, 1.807) is 6.92 Å². The standard InChI is InChI=1S/C12H11NO3/c1-3-11(14)8-4-5-10(12(15)16-2)9(6-8)7-13/h4-6H,3H2,1-2H3. The van der Waals surface area contributed by atoms with Gasteiger partial charge in [0, 0.05) is 12.0 Å². The van der Waals surface area contributed by atoms with Gasteiger partial charge < -0.3 is 4.74 Å². The van der Waals surface area contributed by atoms with E-state index in [0.717, 1.165) is 0 Å². The second kappa shape index (κ2) is 5.08. The van der Waals surface area contributed by atoms with Crippen molar-refractivity contribution in [3.8, 4) is 6.07 Å². The van der Waals surface area contributed by atoms with Crippen molar-refractivity contribution in [2.45, 2.75) is 13.3 Å². The lowest BCUT2D eigenvalue weighted by Gasteiger charge is -2.03. The zero-order valence-electron chi connectivity index (χ0n) is 9.11. The Morgan fingerprint density at radius 2 is 2.12 bits per heavy atom. The average Bonchev–Trinajstić information content (AvgIpc) is 2.35. The molecule has 82 valence electrons. The number of carbonyl (C=O) groups excluding carboxylic acids is 2. The van der Waals surface area contributed by atoms with E-state index in [1.807, 2.05) is 6.07 Å². The van der Waals surface area contributed by atoms with Gasteiger partial charge in [-0.25, -0.2) is 4.79 Å². The molecule has 16 heavy (non-hydrogen) atoms. The molecule has 1 aromatic rings. The predicted molar refractivity (Wildman–Crippen MR) is 57.1 cm³/mol. The molecule has 0 aliphatic carbocycles. The van der Waals surface area contributed by atoms with Crippen molar-refractivity contribution in [2.24, 2.45) is 0 Å². The maximum Gasteiger partial charge on any atom is 0.339 e. The van der Waals surface area contributed by atoms with Gasteiger partial charge >= 0.3 is 5.97 Å². The van der Waals surface area contributed by atoms with Crippen LogP contribution in [-0.2, 0) is 4.74 Å². The Hall–Kier alpha value is -2.15. The topological polar surface area (TPSA) is 67.2 Å². The minimum atomic E-state index is -0.577. The highest BCUT2D eigenvalue weighted by Gasteiger charge is 2.13. The summed E-state index contributed by atoms with van der Waals surface area (Å²) in [5, 5.41) is 8.87. The van der Waals surface area contributed by atoms with Crippen LogP contribution in [0.15, 0.2) is 18.2 Å². The van der Waals surface area contributed by atoms with Crippen molar-refractivity contribution < 1.29 is 14.3 Å². The van der Waals surface area contributed by atoms with Crippen LogP contribution in [-0.4, -0.2) is 18.9 Å². The molecule has 0 aliphatic heterocycles. The number of methoxy groups -OCH3 is 1. The summed E-state index contributed by atoms with van der Waals surface area (Å²) >= 11 is 0. The van der Waals surface area contributed by atoms with E-state index in [1.165, 1.54) is 25.3 Å². The Bertz CT molecular complexity index is 472. The summed E-state index contributed by atoms with van der Waals surface area (Å²) < 4.78 is 4.53. The fourth-order valence-corrected chi connectivity index (χ4v) is 1.30. The Morgan fingerprint density at radius 3 is 2.62 bits per heavy atom. The highest BCUT2D eigenvalue weighted by molar-refractivity contribution is 5.98. The third-order valence-electron chi connectivity index (χ3n) is 2.19. The number of carbonyl (C=O) groups is 2. The first kappa shape index (κ1) is 11.9. The van der Waals surface area contributed by atoms with Gasteiger partial charge in [-0.1, -0.05) is 13.0 Å². The number of nitrogens with zero attached hydrogens (tertiary/aromatic N) is 1. The fraction of sp³-hybridized carbons (Fsp3) is 0.250. The first-order valence-corrected chi connectivity index (χ1v) is 4.79. The molecule has 0 atom stereocenters. The molecule has 0 aliphatic rings. The van der Waals surface area contributed by atoms with Crippen molar-refractivity contribution in [2.75, 3.05) is 7.11 Å². The van der Waals surface area contributed by atoms with E-state index in [0.29, 0.717) is 12.0 Å². The van der Waals surface area contributed by atoms with Gasteiger partial charge in [0.15, 0.2) is 5.78 Å². The molecule has 0 radical (unpaired) electrons. The van der Waals surface area contributed by atoms with E-state index in [9.17, 15) is 9.59 Å². The van der Waals surface area contributed by atoms with E-state index < -0.39 is 5.97 Å². The Labute approximate surface area is 93.5 Å². The summed E-state index contributed by atoms with van der Waals surface area (Å²) in [6.45, 7) is 1.74. The number of esters is 1. The summed E-state index contributed by atoms with van der Waals surface area (Å²) in [7, 11) is 1.24. The molecule has 4 nitrogen and oxygen atoms in total. The second-order valence-electron chi connectivity index (χ2n) is 3.14. The molecular formula is C12H11NO3. The molecule has 0 spiro atoms. The van der Waals surface area contributed by atoms with Crippen LogP contribution in [0.2, 0.25) is 0 Å². The smallest absolute Gasteiger partial charge is 0.339 e. The van der Waals surface area contributed by atoms with E-state index in [-0.39, 0.29) is 16.9 Å². The molecule has 0 saturated heterocycles. The number of benzene rings is 1. The predicted octanol–water partition coefficient (Wildman–Crippen LogP) is 1.94. The van der Waals surface area contributed by atoms with Crippen molar-refractivity contribution in [3.05, 3.63) is 34.9 Å². The number of nitriles is 1. The fourth-order valence-electron chi connectivity index (χ4n) is 1.30. The molecule has 0 N–H and O–H groups in total. The van der Waals surface area contributed by atoms with E-state index >= 15 is 0 Å². The van der Waals surface area contributed by atoms with Crippen molar-refractivity contribution >= 4 is 11.8 Å². The lowest BCUT2D eigenvalue weighted by atomic mass is 10.0. The molecule has 4 heteroatoms. The van der Waals surface area contributed by atoms with Crippen LogP contribution >= 0.6 is 0 Å². The summed E-state index contributed by atoms with van der Waals surface area (Å²) in [5.74, 6) is -0.639. The van der Waals surface area contributed by atoms with Crippen molar-refractivity contribution in [1.29, 1.82) is 5.26 Å². The second-order valence-corrected chi connectivity index (χ2v) is 3.14. The third kappa shape index (κ3) is 2.26. The molecule has 0 amide bonds. The summed E-state index contributed by atoms with van der Waals surface area (Å²) in [5.41, 5.74) is 0.774. The summed E-state index contributed by atoms with van der Waals surface area (Å²) in [6, 6.07) is 6.26. The lowest BCUT2D eigenvalue weighted by Crippen LogP contribution is -2.06. The molecule has 0 heterocycles. The number of hydrogen-bond acceptors (Lipinski definition) is 4. The van der Waals surface area contributed by atoms with Gasteiger partial charge in [0.05, 0.1) is 18.2 Å². The van der Waals surface area contributed by atoms with E-state index in [2.05, 4.69) is 4.74 Å². The van der Waals surface area contributed by atoms with Gasteiger partial charge in [0.1, 0.15) is 6.07 Å². The van der Waals surface area contributed by atoms with Crippen molar-refractivity contribution in [1.82, 2.24) is 0 Å². The summed E-state index contributed by atoms with van der Waals surface area (Å²) in [6.07, 6.45) is 0.364. The quantitative estimate of drug-likeness (QED) is 0.573. The SMILES string of the molecule is CCC(=O)c1ccc(C(=O)OC)c(C#N)c1. The first-order valence-electron chi connectivity index (χ1n) is 4.79. The van der Waals surface area contributed by atoms with Gasteiger partial charge in [-0.15, -0.1) is 0 Å². The lowest BCUT2D eigenvalue weighted by molar-refractivity contribution is 0.0600. The van der Waals surface area contributed by atoms with Crippen LogP contribution in [0.4, 0.5) is 0 Å². The third-order valence-corrected chi connectivity index (χ3v) is 2.19. The summed E-state index contributed by atoms with van der Waals surface area (Å²) in [4.78, 5) is 22.7. The van der Waals surface area contributed by atoms with Gasteiger partial charge in [-0.2, -0.15) is 5.26 Å². The highest BCUT2D eigenvalue weighted by Crippen LogP contribution is 2.13. The van der Waals surface area contributed by atoms with Crippen LogP contribution in [0.3, 0.4) is 0 Å². The highest BCUT2D eigenvalue weighted by atomic mass is 16.5. The molecule has 0 unspecified atom stereocenters. The number of Topliss-reactive ketones (excluding diaryl/α,β-unsaturated/α-hetero) is 1. The zero-order chi connectivity index (χ0) is 12.1. The normalized spacial score (nSPS) is 9.31. The van der Waals surface area contributed by atoms with Crippen LogP contribution < -0.4 is 0 Å². The monoisotopic (exact) mass is 217 g/mol. The molecular weight excluding hydrogens is 206 g/mol. The Morgan fingerprint density at radius 1 is 1.44 bits per heavy atom. The number of hydrogen-bond donors (Lipinski definition) is 0. The molecule has 1 rings (SSSR count). The molecule has 0 saturated carbocycles. The number of rotatable bonds is 3. The van der Waals surface area contributed by atoms with Crippen molar-refractivity contribution in [3.63, 3.8) is 0 Å². The van der Waals surface area contributed by atoms with Gasteiger partial charge in [-0.05, 0) is 12.1 Å². The maximum atomic E-state index is 11.4. The molecule has 0 bridgehead atoms.